The van der Waals surface area contributed by atoms with Crippen LogP contribution in [0.1, 0.15) is 34.8 Å². The molecular weight excluding hydrogens is 366 g/mol. The number of nitrogens with zero attached hydrogens (tertiary/aromatic N) is 4. The van der Waals surface area contributed by atoms with Gasteiger partial charge in [-0.1, -0.05) is 12.1 Å². The number of amides is 1. The van der Waals surface area contributed by atoms with Crippen molar-refractivity contribution in [3.8, 4) is 11.4 Å². The van der Waals surface area contributed by atoms with Crippen LogP contribution >= 0.6 is 0 Å². The van der Waals surface area contributed by atoms with Crippen molar-refractivity contribution in [1.82, 2.24) is 25.0 Å². The molecule has 0 saturated carbocycles. The standard InChI is InChI=1S/C22H25N5O2/c1-29-20-10-6-17(7-11-20)21(26-12-2-3-13-26)14-24-22(28)18-4-8-19(9-5-18)27-16-23-15-25-27/h4-11,15-16,21H,2-3,12-14H2,1H3,(H,24,28)/t21-/m0/s1. The largest absolute Gasteiger partial charge is 0.497 e. The Kier molecular flexibility index (Phi) is 5.86. The minimum atomic E-state index is -0.0761. The van der Waals surface area contributed by atoms with E-state index in [0.29, 0.717) is 12.1 Å². The predicted molar refractivity (Wildman–Crippen MR) is 110 cm³/mol. The number of hydrogen-bond donors (Lipinski definition) is 1. The Hall–Kier alpha value is -3.19. The molecule has 7 heteroatoms. The molecule has 1 aliphatic rings. The van der Waals surface area contributed by atoms with E-state index in [0.717, 1.165) is 24.5 Å². The zero-order chi connectivity index (χ0) is 20.1. The van der Waals surface area contributed by atoms with E-state index < -0.39 is 0 Å². The molecule has 2 aromatic carbocycles. The average molecular weight is 391 g/mol. The minimum absolute atomic E-state index is 0.0761. The van der Waals surface area contributed by atoms with Gasteiger partial charge in [-0.25, -0.2) is 9.67 Å². The molecule has 7 nitrogen and oxygen atoms in total. The van der Waals surface area contributed by atoms with Crippen LogP contribution in [0.25, 0.3) is 5.69 Å². The Morgan fingerprint density at radius 2 is 1.83 bits per heavy atom. The third-order valence-electron chi connectivity index (χ3n) is 5.35. The highest BCUT2D eigenvalue weighted by molar-refractivity contribution is 5.94. The maximum Gasteiger partial charge on any atom is 0.251 e. The van der Waals surface area contributed by atoms with Gasteiger partial charge in [0.1, 0.15) is 18.4 Å². The smallest absolute Gasteiger partial charge is 0.251 e. The van der Waals surface area contributed by atoms with Gasteiger partial charge in [0.2, 0.25) is 0 Å². The van der Waals surface area contributed by atoms with E-state index in [4.69, 9.17) is 4.74 Å². The molecule has 0 bridgehead atoms. The molecule has 0 radical (unpaired) electrons. The highest BCUT2D eigenvalue weighted by Crippen LogP contribution is 2.26. The number of nitrogens with one attached hydrogen (secondary N) is 1. The van der Waals surface area contributed by atoms with Crippen LogP contribution < -0.4 is 10.1 Å². The SMILES string of the molecule is COc1ccc([C@H](CNC(=O)c2ccc(-n3cncn3)cc2)N2CCCC2)cc1. The molecule has 1 N–H and O–H groups in total. The van der Waals surface area contributed by atoms with E-state index in [9.17, 15) is 4.79 Å². The molecule has 4 rings (SSSR count). The highest BCUT2D eigenvalue weighted by Gasteiger charge is 2.24. The molecule has 3 aromatic rings. The number of benzene rings is 2. The zero-order valence-corrected chi connectivity index (χ0v) is 16.5. The van der Waals surface area contributed by atoms with Crippen LogP contribution in [0.5, 0.6) is 5.75 Å². The van der Waals surface area contributed by atoms with Crippen LogP contribution in [-0.4, -0.2) is 52.3 Å². The lowest BCUT2D eigenvalue weighted by molar-refractivity contribution is 0.0938. The maximum absolute atomic E-state index is 12.7. The first-order valence-electron chi connectivity index (χ1n) is 9.86. The van der Waals surface area contributed by atoms with Crippen LogP contribution in [0, 0.1) is 0 Å². The third-order valence-corrected chi connectivity index (χ3v) is 5.35. The number of likely N-dealkylation sites (tertiary alicyclic amines) is 1. The van der Waals surface area contributed by atoms with Crippen molar-refractivity contribution in [2.75, 3.05) is 26.7 Å². The number of carbonyl (C=O) groups excluding carboxylic acids is 1. The summed E-state index contributed by atoms with van der Waals surface area (Å²) in [5.74, 6) is 0.762. The van der Waals surface area contributed by atoms with Crippen molar-refractivity contribution < 1.29 is 9.53 Å². The first-order chi connectivity index (χ1) is 14.2. The summed E-state index contributed by atoms with van der Waals surface area (Å²) in [6.45, 7) is 2.67. The summed E-state index contributed by atoms with van der Waals surface area (Å²) in [6, 6.07) is 15.6. The number of ether oxygens (including phenoxy) is 1. The van der Waals surface area contributed by atoms with Gasteiger partial charge in [-0.05, 0) is 67.9 Å². The van der Waals surface area contributed by atoms with Crippen LogP contribution in [0.3, 0.4) is 0 Å². The van der Waals surface area contributed by atoms with Gasteiger partial charge in [0, 0.05) is 12.1 Å². The van der Waals surface area contributed by atoms with Gasteiger partial charge in [-0.3, -0.25) is 9.69 Å². The fourth-order valence-electron chi connectivity index (χ4n) is 3.74. The first-order valence-corrected chi connectivity index (χ1v) is 9.86. The maximum atomic E-state index is 12.7. The average Bonchev–Trinajstić information content (AvgIpc) is 3.49. The molecule has 1 aliphatic heterocycles. The first kappa shape index (κ1) is 19.1. The fraction of sp³-hybridized carbons (Fsp3) is 0.318. The summed E-state index contributed by atoms with van der Waals surface area (Å²) in [7, 11) is 1.67. The fourth-order valence-corrected chi connectivity index (χ4v) is 3.74. The van der Waals surface area contributed by atoms with E-state index in [1.54, 1.807) is 18.1 Å². The second-order valence-corrected chi connectivity index (χ2v) is 7.13. The van der Waals surface area contributed by atoms with Crippen LogP contribution in [0.15, 0.2) is 61.2 Å². The Labute approximate surface area is 170 Å². The van der Waals surface area contributed by atoms with Crippen molar-refractivity contribution in [3.63, 3.8) is 0 Å². The molecule has 1 atom stereocenters. The molecule has 1 saturated heterocycles. The van der Waals surface area contributed by atoms with Crippen molar-refractivity contribution in [3.05, 3.63) is 72.3 Å². The third kappa shape index (κ3) is 4.46. The lowest BCUT2D eigenvalue weighted by Gasteiger charge is -2.28. The topological polar surface area (TPSA) is 72.3 Å². The number of hydrogen-bond acceptors (Lipinski definition) is 5. The van der Waals surface area contributed by atoms with Gasteiger partial charge < -0.3 is 10.1 Å². The molecule has 0 spiro atoms. The van der Waals surface area contributed by atoms with E-state index in [1.807, 2.05) is 36.4 Å². The van der Waals surface area contributed by atoms with Crippen molar-refractivity contribution in [2.45, 2.75) is 18.9 Å². The van der Waals surface area contributed by atoms with Gasteiger partial charge in [0.25, 0.3) is 5.91 Å². The van der Waals surface area contributed by atoms with Gasteiger partial charge in [-0.2, -0.15) is 5.10 Å². The molecule has 0 aliphatic carbocycles. The number of carbonyl (C=O) groups is 1. The number of rotatable bonds is 7. The van der Waals surface area contributed by atoms with Crippen LogP contribution in [-0.2, 0) is 0 Å². The Bertz CT molecular complexity index is 917. The molecule has 1 aromatic heterocycles. The van der Waals surface area contributed by atoms with Crippen LogP contribution in [0.2, 0.25) is 0 Å². The summed E-state index contributed by atoms with van der Waals surface area (Å²) in [5.41, 5.74) is 2.69. The lowest BCUT2D eigenvalue weighted by Crippen LogP contribution is -2.36. The zero-order valence-electron chi connectivity index (χ0n) is 16.5. The molecule has 150 valence electrons. The summed E-state index contributed by atoms with van der Waals surface area (Å²) in [4.78, 5) is 19.1. The summed E-state index contributed by atoms with van der Waals surface area (Å²) in [5, 5.41) is 7.21. The normalized spacial score (nSPS) is 15.2. The highest BCUT2D eigenvalue weighted by atomic mass is 16.5. The molecule has 1 fully saturated rings. The number of aromatic nitrogens is 3. The van der Waals surface area contributed by atoms with E-state index in [-0.39, 0.29) is 11.9 Å². The van der Waals surface area contributed by atoms with Crippen molar-refractivity contribution in [1.29, 1.82) is 0 Å². The second-order valence-electron chi connectivity index (χ2n) is 7.13. The Balaban J connectivity index is 1.44. The molecule has 1 amide bonds. The summed E-state index contributed by atoms with van der Waals surface area (Å²) < 4.78 is 6.93. The van der Waals surface area contributed by atoms with Crippen LogP contribution in [0.4, 0.5) is 0 Å². The van der Waals surface area contributed by atoms with Gasteiger partial charge in [0.05, 0.1) is 18.8 Å². The Morgan fingerprint density at radius 3 is 2.45 bits per heavy atom. The van der Waals surface area contributed by atoms with Crippen molar-refractivity contribution in [2.24, 2.45) is 0 Å². The molecule has 2 heterocycles. The van der Waals surface area contributed by atoms with Crippen molar-refractivity contribution >= 4 is 5.91 Å². The van der Waals surface area contributed by atoms with Gasteiger partial charge in [0.15, 0.2) is 0 Å². The summed E-state index contributed by atoms with van der Waals surface area (Å²) >= 11 is 0. The Morgan fingerprint density at radius 1 is 1.10 bits per heavy atom. The lowest BCUT2D eigenvalue weighted by atomic mass is 10.0. The second kappa shape index (κ2) is 8.87. The molecule has 0 unspecified atom stereocenters. The predicted octanol–water partition coefficient (Wildman–Crippen LogP) is 2.84. The van der Waals surface area contributed by atoms with E-state index in [1.165, 1.54) is 24.7 Å². The molecule has 29 heavy (non-hydrogen) atoms. The minimum Gasteiger partial charge on any atom is -0.497 e. The monoisotopic (exact) mass is 391 g/mol. The van der Waals surface area contributed by atoms with Gasteiger partial charge >= 0.3 is 0 Å². The number of methoxy groups -OCH3 is 1. The van der Waals surface area contributed by atoms with E-state index in [2.05, 4.69) is 32.4 Å². The summed E-state index contributed by atoms with van der Waals surface area (Å²) in [6.07, 6.45) is 5.51. The molecular formula is C22H25N5O2. The quantitative estimate of drug-likeness (QED) is 0.671. The van der Waals surface area contributed by atoms with E-state index >= 15 is 0 Å². The van der Waals surface area contributed by atoms with Gasteiger partial charge in [-0.15, -0.1) is 0 Å².